The number of nitrogens with one attached hydrogen (secondary N) is 1. The first-order valence-corrected chi connectivity index (χ1v) is 6.12. The van der Waals surface area contributed by atoms with E-state index in [4.69, 9.17) is 4.52 Å². The van der Waals surface area contributed by atoms with Gasteiger partial charge < -0.3 is 9.84 Å². The van der Waals surface area contributed by atoms with Crippen LogP contribution in [0, 0.1) is 0 Å². The molecule has 1 aromatic carbocycles. The zero-order chi connectivity index (χ0) is 12.9. The van der Waals surface area contributed by atoms with Gasteiger partial charge in [-0.2, -0.15) is 5.10 Å². The second kappa shape index (κ2) is 5.49. The van der Waals surface area contributed by atoms with Gasteiger partial charge in [-0.25, -0.2) is 4.68 Å². The summed E-state index contributed by atoms with van der Waals surface area (Å²) in [5, 5.41) is 11.4. The summed E-state index contributed by atoms with van der Waals surface area (Å²) < 4.78 is 6.87. The van der Waals surface area contributed by atoms with Crippen molar-refractivity contribution in [2.45, 2.75) is 13.1 Å². The third kappa shape index (κ3) is 2.89. The Kier molecular flexibility index (Phi) is 3.38. The van der Waals surface area contributed by atoms with Crippen LogP contribution in [0.3, 0.4) is 0 Å². The molecule has 3 aromatic rings. The van der Waals surface area contributed by atoms with Gasteiger partial charge in [0.2, 0.25) is 0 Å². The number of benzene rings is 1. The van der Waals surface area contributed by atoms with Crippen molar-refractivity contribution >= 4 is 0 Å². The van der Waals surface area contributed by atoms with Gasteiger partial charge in [0.25, 0.3) is 0 Å². The van der Waals surface area contributed by atoms with Gasteiger partial charge in [-0.1, -0.05) is 23.4 Å². The second-order valence-corrected chi connectivity index (χ2v) is 4.17. The predicted molar refractivity (Wildman–Crippen MR) is 70.6 cm³/mol. The Balaban J connectivity index is 1.59. The highest BCUT2D eigenvalue weighted by Crippen LogP contribution is 2.06. The van der Waals surface area contributed by atoms with Crippen LogP contribution in [0.4, 0.5) is 0 Å². The molecule has 0 radical (unpaired) electrons. The van der Waals surface area contributed by atoms with Crippen LogP contribution in [0.15, 0.2) is 59.4 Å². The number of rotatable bonds is 5. The highest BCUT2D eigenvalue weighted by Gasteiger charge is 2.01. The molecule has 1 N–H and O–H groups in total. The number of aromatic nitrogens is 3. The molecule has 0 aliphatic rings. The van der Waals surface area contributed by atoms with Crippen LogP contribution >= 0.6 is 0 Å². The van der Waals surface area contributed by atoms with Crippen molar-refractivity contribution < 1.29 is 4.52 Å². The van der Waals surface area contributed by atoms with E-state index in [1.165, 1.54) is 0 Å². The SMILES string of the molecule is c1ccc(-n2ccc(CNCc3ccno3)n2)cc1. The van der Waals surface area contributed by atoms with Crippen molar-refractivity contribution in [3.8, 4) is 5.69 Å². The molecular formula is C14H14N4O. The zero-order valence-corrected chi connectivity index (χ0v) is 10.4. The standard InChI is InChI=1S/C14H14N4O/c1-2-4-13(5-3-1)18-9-7-12(17-18)10-15-11-14-6-8-16-19-14/h1-9,15H,10-11H2. The molecular weight excluding hydrogens is 240 g/mol. The first-order chi connectivity index (χ1) is 9.42. The quantitative estimate of drug-likeness (QED) is 0.758. The average molecular weight is 254 g/mol. The van der Waals surface area contributed by atoms with Crippen LogP contribution < -0.4 is 5.32 Å². The maximum atomic E-state index is 5.01. The molecule has 0 amide bonds. The minimum atomic E-state index is 0.651. The van der Waals surface area contributed by atoms with Gasteiger partial charge in [0.05, 0.1) is 24.1 Å². The Morgan fingerprint density at radius 3 is 2.74 bits per heavy atom. The van der Waals surface area contributed by atoms with Gasteiger partial charge >= 0.3 is 0 Å². The lowest BCUT2D eigenvalue weighted by Gasteiger charge is -2.01. The third-order valence-corrected chi connectivity index (χ3v) is 2.76. The van der Waals surface area contributed by atoms with Crippen molar-refractivity contribution in [3.63, 3.8) is 0 Å². The lowest BCUT2D eigenvalue weighted by Crippen LogP contribution is -2.12. The Labute approximate surface area is 110 Å². The molecule has 0 fully saturated rings. The Morgan fingerprint density at radius 1 is 1.05 bits per heavy atom. The molecule has 96 valence electrons. The fourth-order valence-corrected chi connectivity index (χ4v) is 1.83. The molecule has 0 bridgehead atoms. The van der Waals surface area contributed by atoms with Gasteiger partial charge in [0, 0.05) is 18.8 Å². The normalized spacial score (nSPS) is 10.7. The minimum absolute atomic E-state index is 0.651. The maximum Gasteiger partial charge on any atom is 0.150 e. The van der Waals surface area contributed by atoms with Gasteiger partial charge in [0.1, 0.15) is 5.76 Å². The van der Waals surface area contributed by atoms with Crippen molar-refractivity contribution in [2.24, 2.45) is 0 Å². The smallest absolute Gasteiger partial charge is 0.150 e. The molecule has 0 saturated heterocycles. The van der Waals surface area contributed by atoms with E-state index in [1.807, 2.05) is 53.3 Å². The van der Waals surface area contributed by atoms with E-state index in [0.717, 1.165) is 17.1 Å². The van der Waals surface area contributed by atoms with Crippen LogP contribution in [-0.2, 0) is 13.1 Å². The van der Waals surface area contributed by atoms with Crippen molar-refractivity contribution in [1.82, 2.24) is 20.3 Å². The van der Waals surface area contributed by atoms with Crippen LogP contribution in [0.1, 0.15) is 11.5 Å². The highest BCUT2D eigenvalue weighted by atomic mass is 16.5. The summed E-state index contributed by atoms with van der Waals surface area (Å²) in [5.74, 6) is 0.822. The number of para-hydroxylation sites is 1. The Morgan fingerprint density at radius 2 is 1.95 bits per heavy atom. The van der Waals surface area contributed by atoms with Crippen molar-refractivity contribution in [2.75, 3.05) is 0 Å². The Bertz CT molecular complexity index is 616. The molecule has 5 heteroatoms. The first kappa shape index (κ1) is 11.7. The fourth-order valence-electron chi connectivity index (χ4n) is 1.83. The van der Waals surface area contributed by atoms with Crippen LogP contribution in [0.5, 0.6) is 0 Å². The van der Waals surface area contributed by atoms with Gasteiger partial charge in [-0.3, -0.25) is 0 Å². The average Bonchev–Trinajstić information content (AvgIpc) is 3.11. The van der Waals surface area contributed by atoms with Gasteiger partial charge in [0.15, 0.2) is 0 Å². The molecule has 0 atom stereocenters. The monoisotopic (exact) mass is 254 g/mol. The summed E-state index contributed by atoms with van der Waals surface area (Å²) in [6, 6.07) is 13.9. The summed E-state index contributed by atoms with van der Waals surface area (Å²) in [6.45, 7) is 1.35. The number of hydrogen-bond acceptors (Lipinski definition) is 4. The van der Waals surface area contributed by atoms with E-state index in [9.17, 15) is 0 Å². The molecule has 0 saturated carbocycles. The molecule has 5 nitrogen and oxygen atoms in total. The molecule has 0 unspecified atom stereocenters. The van der Waals surface area contributed by atoms with E-state index in [1.54, 1.807) is 6.20 Å². The Hall–Kier alpha value is -2.40. The molecule has 0 aliphatic carbocycles. The lowest BCUT2D eigenvalue weighted by molar-refractivity contribution is 0.372. The summed E-state index contributed by atoms with van der Waals surface area (Å²) >= 11 is 0. The topological polar surface area (TPSA) is 55.9 Å². The summed E-state index contributed by atoms with van der Waals surface area (Å²) in [4.78, 5) is 0. The van der Waals surface area contributed by atoms with E-state index < -0.39 is 0 Å². The van der Waals surface area contributed by atoms with E-state index in [-0.39, 0.29) is 0 Å². The molecule has 2 aromatic heterocycles. The molecule has 3 rings (SSSR count). The van der Waals surface area contributed by atoms with E-state index in [0.29, 0.717) is 13.1 Å². The molecule has 0 spiro atoms. The summed E-state index contributed by atoms with van der Waals surface area (Å²) in [6.07, 6.45) is 3.60. The maximum absolute atomic E-state index is 5.01. The van der Waals surface area contributed by atoms with Gasteiger partial charge in [-0.05, 0) is 18.2 Å². The minimum Gasteiger partial charge on any atom is -0.360 e. The van der Waals surface area contributed by atoms with E-state index in [2.05, 4.69) is 15.6 Å². The summed E-state index contributed by atoms with van der Waals surface area (Å²) in [7, 11) is 0. The molecule has 19 heavy (non-hydrogen) atoms. The number of hydrogen-bond donors (Lipinski definition) is 1. The van der Waals surface area contributed by atoms with Crippen LogP contribution in [0.2, 0.25) is 0 Å². The number of nitrogens with zero attached hydrogens (tertiary/aromatic N) is 3. The fraction of sp³-hybridized carbons (Fsp3) is 0.143. The predicted octanol–water partition coefficient (Wildman–Crippen LogP) is 2.15. The molecule has 2 heterocycles. The first-order valence-electron chi connectivity index (χ1n) is 6.12. The lowest BCUT2D eigenvalue weighted by atomic mass is 10.3. The summed E-state index contributed by atoms with van der Waals surface area (Å²) in [5.41, 5.74) is 2.05. The zero-order valence-electron chi connectivity index (χ0n) is 10.4. The largest absolute Gasteiger partial charge is 0.360 e. The highest BCUT2D eigenvalue weighted by molar-refractivity contribution is 5.30. The second-order valence-electron chi connectivity index (χ2n) is 4.17. The van der Waals surface area contributed by atoms with Gasteiger partial charge in [-0.15, -0.1) is 0 Å². The van der Waals surface area contributed by atoms with E-state index >= 15 is 0 Å². The van der Waals surface area contributed by atoms with Crippen LogP contribution in [0.25, 0.3) is 5.69 Å². The molecule has 0 aliphatic heterocycles. The third-order valence-electron chi connectivity index (χ3n) is 2.76. The van der Waals surface area contributed by atoms with Crippen LogP contribution in [-0.4, -0.2) is 14.9 Å². The van der Waals surface area contributed by atoms with Crippen molar-refractivity contribution in [1.29, 1.82) is 0 Å². The van der Waals surface area contributed by atoms with Crippen molar-refractivity contribution in [3.05, 3.63) is 66.3 Å².